The van der Waals surface area contributed by atoms with Gasteiger partial charge in [-0.3, -0.25) is 9.67 Å². The van der Waals surface area contributed by atoms with Crippen LogP contribution in [0.4, 0.5) is 0 Å². The Morgan fingerprint density at radius 2 is 2.19 bits per heavy atom. The van der Waals surface area contributed by atoms with E-state index in [1.807, 2.05) is 4.68 Å². The summed E-state index contributed by atoms with van der Waals surface area (Å²) in [6, 6.07) is 0.118. The number of halogens is 1. The van der Waals surface area contributed by atoms with E-state index in [2.05, 4.69) is 39.9 Å². The van der Waals surface area contributed by atoms with E-state index >= 15 is 0 Å². The lowest BCUT2D eigenvalue weighted by Crippen LogP contribution is -2.18. The summed E-state index contributed by atoms with van der Waals surface area (Å²) < 4.78 is 2.89. The standard InChI is InChI=1S/C10H13BrN4S/c1-6(2)15-10(7(11)3-14-15)9(12)8-4-13-5-16-8/h3-6,9H,12H2,1-2H3. The molecule has 2 aromatic rings. The highest BCUT2D eigenvalue weighted by Crippen LogP contribution is 2.30. The van der Waals surface area contributed by atoms with Crippen molar-refractivity contribution in [2.45, 2.75) is 25.9 Å². The first-order chi connectivity index (χ1) is 7.61. The van der Waals surface area contributed by atoms with Crippen molar-refractivity contribution in [2.24, 2.45) is 5.73 Å². The molecule has 0 saturated carbocycles. The fourth-order valence-corrected chi connectivity index (χ4v) is 2.71. The van der Waals surface area contributed by atoms with Gasteiger partial charge in [-0.25, -0.2) is 0 Å². The van der Waals surface area contributed by atoms with E-state index in [9.17, 15) is 0 Å². The monoisotopic (exact) mass is 300 g/mol. The molecule has 16 heavy (non-hydrogen) atoms. The van der Waals surface area contributed by atoms with Gasteiger partial charge in [0, 0.05) is 17.1 Å². The van der Waals surface area contributed by atoms with Gasteiger partial charge >= 0.3 is 0 Å². The van der Waals surface area contributed by atoms with Crippen molar-refractivity contribution < 1.29 is 0 Å². The third-order valence-corrected chi connectivity index (χ3v) is 3.80. The molecule has 0 bridgehead atoms. The van der Waals surface area contributed by atoms with Crippen LogP contribution in [0, 0.1) is 0 Å². The molecule has 6 heteroatoms. The first kappa shape index (κ1) is 11.8. The van der Waals surface area contributed by atoms with Gasteiger partial charge in [0.1, 0.15) is 0 Å². The predicted molar refractivity (Wildman–Crippen MR) is 68.5 cm³/mol. The summed E-state index contributed by atoms with van der Waals surface area (Å²) in [5.41, 5.74) is 9.01. The summed E-state index contributed by atoms with van der Waals surface area (Å²) in [4.78, 5) is 5.10. The highest BCUT2D eigenvalue weighted by molar-refractivity contribution is 9.10. The maximum atomic E-state index is 6.22. The quantitative estimate of drug-likeness (QED) is 0.948. The molecule has 86 valence electrons. The predicted octanol–water partition coefficient (Wildman–Crippen LogP) is 2.73. The Bertz CT molecular complexity index is 463. The zero-order valence-corrected chi connectivity index (χ0v) is 11.5. The first-order valence-electron chi connectivity index (χ1n) is 4.98. The summed E-state index contributed by atoms with van der Waals surface area (Å²) in [5.74, 6) is 0. The van der Waals surface area contributed by atoms with Gasteiger partial charge in [-0.1, -0.05) is 0 Å². The fraction of sp³-hybridized carbons (Fsp3) is 0.400. The van der Waals surface area contributed by atoms with Gasteiger partial charge in [-0.2, -0.15) is 5.10 Å². The second kappa shape index (κ2) is 4.65. The molecular weight excluding hydrogens is 288 g/mol. The molecule has 4 nitrogen and oxygen atoms in total. The largest absolute Gasteiger partial charge is 0.318 e. The van der Waals surface area contributed by atoms with Crippen molar-refractivity contribution >= 4 is 27.3 Å². The molecule has 2 rings (SSSR count). The van der Waals surface area contributed by atoms with Gasteiger partial charge in [0.15, 0.2) is 0 Å². The van der Waals surface area contributed by atoms with Crippen LogP contribution in [0.3, 0.4) is 0 Å². The summed E-state index contributed by atoms with van der Waals surface area (Å²) in [7, 11) is 0. The Labute approximate surface area is 107 Å². The zero-order chi connectivity index (χ0) is 11.7. The SMILES string of the molecule is CC(C)n1ncc(Br)c1C(N)c1cncs1. The highest BCUT2D eigenvalue weighted by Gasteiger charge is 2.20. The second-order valence-corrected chi connectivity index (χ2v) is 5.57. The minimum absolute atomic E-state index is 0.174. The molecule has 0 aromatic carbocycles. The molecular formula is C10H13BrN4S. The van der Waals surface area contributed by atoms with Crippen molar-refractivity contribution in [2.75, 3.05) is 0 Å². The van der Waals surface area contributed by atoms with Crippen LogP contribution in [0.5, 0.6) is 0 Å². The number of aromatic nitrogens is 3. The van der Waals surface area contributed by atoms with Crippen LogP contribution >= 0.6 is 27.3 Å². The third kappa shape index (κ3) is 2.05. The number of hydrogen-bond acceptors (Lipinski definition) is 4. The lowest BCUT2D eigenvalue weighted by atomic mass is 10.2. The lowest BCUT2D eigenvalue weighted by Gasteiger charge is -2.16. The van der Waals surface area contributed by atoms with E-state index in [0.29, 0.717) is 6.04 Å². The molecule has 0 spiro atoms. The molecule has 2 N–H and O–H groups in total. The van der Waals surface area contributed by atoms with Crippen LogP contribution in [-0.4, -0.2) is 14.8 Å². The summed E-state index contributed by atoms with van der Waals surface area (Å²) in [5, 5.41) is 4.32. The van der Waals surface area contributed by atoms with Gasteiger partial charge in [0.25, 0.3) is 0 Å². The van der Waals surface area contributed by atoms with Crippen LogP contribution in [0.1, 0.15) is 36.5 Å². The van der Waals surface area contributed by atoms with Crippen molar-refractivity contribution in [1.29, 1.82) is 0 Å². The zero-order valence-electron chi connectivity index (χ0n) is 9.09. The molecule has 0 aliphatic rings. The van der Waals surface area contributed by atoms with Gasteiger partial charge < -0.3 is 5.73 Å². The molecule has 1 unspecified atom stereocenters. The third-order valence-electron chi connectivity index (χ3n) is 2.33. The van der Waals surface area contributed by atoms with Gasteiger partial charge in [-0.15, -0.1) is 11.3 Å². The summed E-state index contributed by atoms with van der Waals surface area (Å²) in [6.45, 7) is 4.17. The average molecular weight is 301 g/mol. The van der Waals surface area contributed by atoms with Crippen molar-refractivity contribution in [3.05, 3.63) is 32.9 Å². The lowest BCUT2D eigenvalue weighted by molar-refractivity contribution is 0.499. The number of nitrogens with zero attached hydrogens (tertiary/aromatic N) is 3. The number of nitrogens with two attached hydrogens (primary N) is 1. The van der Waals surface area contributed by atoms with Gasteiger partial charge in [0.2, 0.25) is 0 Å². The maximum Gasteiger partial charge on any atom is 0.0844 e. The van der Waals surface area contributed by atoms with E-state index in [0.717, 1.165) is 15.0 Å². The number of hydrogen-bond donors (Lipinski definition) is 1. The minimum Gasteiger partial charge on any atom is -0.318 e. The van der Waals surface area contributed by atoms with E-state index in [1.165, 1.54) is 0 Å². The van der Waals surface area contributed by atoms with Crippen molar-refractivity contribution in [1.82, 2.24) is 14.8 Å². The van der Waals surface area contributed by atoms with Crippen LogP contribution < -0.4 is 5.73 Å². The Balaban J connectivity index is 2.43. The smallest absolute Gasteiger partial charge is 0.0844 e. The van der Waals surface area contributed by atoms with Crippen LogP contribution in [0.15, 0.2) is 22.4 Å². The average Bonchev–Trinajstić information content (AvgIpc) is 2.84. The maximum absolute atomic E-state index is 6.22. The van der Waals surface area contributed by atoms with Gasteiger partial charge in [0.05, 0.1) is 27.9 Å². The van der Waals surface area contributed by atoms with E-state index in [4.69, 9.17) is 5.73 Å². The number of thiazole rings is 1. The van der Waals surface area contributed by atoms with E-state index in [1.54, 1.807) is 29.2 Å². The van der Waals surface area contributed by atoms with Crippen LogP contribution in [0.2, 0.25) is 0 Å². The molecule has 0 fully saturated rings. The molecule has 0 amide bonds. The Morgan fingerprint density at radius 1 is 1.44 bits per heavy atom. The fourth-order valence-electron chi connectivity index (χ4n) is 1.57. The Kier molecular flexibility index (Phi) is 3.41. The van der Waals surface area contributed by atoms with Crippen molar-refractivity contribution in [3.63, 3.8) is 0 Å². The summed E-state index contributed by atoms with van der Waals surface area (Å²) in [6.07, 6.45) is 3.59. The summed E-state index contributed by atoms with van der Waals surface area (Å²) >= 11 is 5.05. The molecule has 0 radical (unpaired) electrons. The Morgan fingerprint density at radius 3 is 2.75 bits per heavy atom. The minimum atomic E-state index is -0.174. The topological polar surface area (TPSA) is 56.7 Å². The second-order valence-electron chi connectivity index (χ2n) is 3.80. The molecule has 0 aliphatic carbocycles. The molecule has 0 saturated heterocycles. The normalized spacial score (nSPS) is 13.3. The van der Waals surface area contributed by atoms with E-state index in [-0.39, 0.29) is 6.04 Å². The van der Waals surface area contributed by atoms with Crippen LogP contribution in [-0.2, 0) is 0 Å². The first-order valence-corrected chi connectivity index (χ1v) is 6.65. The molecule has 0 aliphatic heterocycles. The van der Waals surface area contributed by atoms with Crippen LogP contribution in [0.25, 0.3) is 0 Å². The van der Waals surface area contributed by atoms with Gasteiger partial charge in [-0.05, 0) is 29.8 Å². The van der Waals surface area contributed by atoms with E-state index < -0.39 is 0 Å². The molecule has 1 atom stereocenters. The molecule has 2 heterocycles. The van der Waals surface area contributed by atoms with Crippen molar-refractivity contribution in [3.8, 4) is 0 Å². The highest BCUT2D eigenvalue weighted by atomic mass is 79.9. The molecule has 2 aromatic heterocycles. The number of rotatable bonds is 3. The Hall–Kier alpha value is -0.720.